The molecule has 0 amide bonds. The van der Waals surface area contributed by atoms with Crippen LogP contribution in [0.1, 0.15) is 20.3 Å². The number of rotatable bonds is 9. The molecule has 0 aromatic rings. The fourth-order valence-corrected chi connectivity index (χ4v) is 2.20. The van der Waals surface area contributed by atoms with Crippen LogP contribution in [0.25, 0.3) is 0 Å². The van der Waals surface area contributed by atoms with Gasteiger partial charge in [-0.2, -0.15) is 11.8 Å². The molecule has 0 aromatic heterocycles. The van der Waals surface area contributed by atoms with Crippen molar-refractivity contribution in [3.8, 4) is 0 Å². The van der Waals surface area contributed by atoms with Crippen LogP contribution >= 0.6 is 11.8 Å². The number of nitrogens with one attached hydrogen (secondary N) is 1. The topological polar surface area (TPSA) is 29.1 Å². The smallest absolute Gasteiger partial charge is 0.0359 e. The molecule has 0 aliphatic rings. The molecule has 0 saturated carbocycles. The fourth-order valence-electron chi connectivity index (χ4n) is 0.899. The van der Waals surface area contributed by atoms with Crippen LogP contribution in [0.5, 0.6) is 0 Å². The van der Waals surface area contributed by atoms with Gasteiger partial charge in [0.1, 0.15) is 0 Å². The van der Waals surface area contributed by atoms with E-state index >= 15 is 0 Å². The predicted octanol–water partition coefficient (Wildman–Crippen LogP) is 1.49. The van der Waals surface area contributed by atoms with Crippen LogP contribution in [-0.4, -0.2) is 40.3 Å². The van der Waals surface area contributed by atoms with Gasteiger partial charge in [0.15, 0.2) is 0 Å². The molecule has 0 rings (SSSR count). The largest absolute Gasteiger partial charge is 0.316 e. The van der Waals surface area contributed by atoms with Crippen LogP contribution in [0.4, 0.5) is 0 Å². The van der Waals surface area contributed by atoms with E-state index in [2.05, 4.69) is 12.2 Å². The Kier molecular flexibility index (Phi) is 10.9. The van der Waals surface area contributed by atoms with Gasteiger partial charge in [-0.15, -0.1) is 0 Å². The molecular formula is C9H21NOS2. The maximum absolute atomic E-state index is 11.0. The summed E-state index contributed by atoms with van der Waals surface area (Å²) < 4.78 is 11.0. The molecule has 4 heteroatoms. The lowest BCUT2D eigenvalue weighted by molar-refractivity contribution is 0.671. The first-order chi connectivity index (χ1) is 6.31. The first kappa shape index (κ1) is 13.5. The second-order valence-electron chi connectivity index (χ2n) is 2.73. The van der Waals surface area contributed by atoms with Crippen LogP contribution in [0.3, 0.4) is 0 Å². The Morgan fingerprint density at radius 3 is 2.69 bits per heavy atom. The Balaban J connectivity index is 2.95. The molecule has 0 aliphatic carbocycles. The van der Waals surface area contributed by atoms with E-state index in [1.165, 1.54) is 17.9 Å². The molecule has 2 nitrogen and oxygen atoms in total. The zero-order valence-electron chi connectivity index (χ0n) is 8.67. The SMILES string of the molecule is CCSCCCNCCS(=O)CC. The molecule has 0 aliphatic heterocycles. The zero-order chi connectivity index (χ0) is 9.94. The van der Waals surface area contributed by atoms with Crippen molar-refractivity contribution in [3.63, 3.8) is 0 Å². The summed E-state index contributed by atoms with van der Waals surface area (Å²) in [5.74, 6) is 4.03. The van der Waals surface area contributed by atoms with Gasteiger partial charge in [0.25, 0.3) is 0 Å². The summed E-state index contributed by atoms with van der Waals surface area (Å²) in [5, 5.41) is 3.30. The van der Waals surface area contributed by atoms with Crippen molar-refractivity contribution in [2.24, 2.45) is 0 Å². The second kappa shape index (κ2) is 10.5. The summed E-state index contributed by atoms with van der Waals surface area (Å²) >= 11 is 1.98. The third kappa shape index (κ3) is 10.4. The Morgan fingerprint density at radius 2 is 2.08 bits per heavy atom. The Morgan fingerprint density at radius 1 is 1.31 bits per heavy atom. The van der Waals surface area contributed by atoms with Gasteiger partial charge >= 0.3 is 0 Å². The molecule has 0 spiro atoms. The van der Waals surface area contributed by atoms with Crippen LogP contribution in [0.2, 0.25) is 0 Å². The number of thioether (sulfide) groups is 1. The van der Waals surface area contributed by atoms with E-state index in [0.29, 0.717) is 0 Å². The van der Waals surface area contributed by atoms with Crippen molar-refractivity contribution >= 4 is 22.6 Å². The molecule has 0 heterocycles. The number of hydrogen-bond acceptors (Lipinski definition) is 3. The lowest BCUT2D eigenvalue weighted by Gasteiger charge is -2.03. The van der Waals surface area contributed by atoms with Crippen LogP contribution in [0.15, 0.2) is 0 Å². The highest BCUT2D eigenvalue weighted by Crippen LogP contribution is 1.99. The summed E-state index contributed by atoms with van der Waals surface area (Å²) in [5.41, 5.74) is 0. The minimum absolute atomic E-state index is 0.604. The van der Waals surface area contributed by atoms with Crippen molar-refractivity contribution in [2.45, 2.75) is 20.3 Å². The Labute approximate surface area is 88.7 Å². The molecule has 1 unspecified atom stereocenters. The summed E-state index contributed by atoms with van der Waals surface area (Å²) in [6.07, 6.45) is 1.22. The maximum atomic E-state index is 11.0. The van der Waals surface area contributed by atoms with Gasteiger partial charge in [0.05, 0.1) is 0 Å². The van der Waals surface area contributed by atoms with Crippen LogP contribution in [0, 0.1) is 0 Å². The normalized spacial score (nSPS) is 13.1. The van der Waals surface area contributed by atoms with Gasteiger partial charge in [-0.25, -0.2) is 0 Å². The standard InChI is InChI=1S/C9H21NOS2/c1-3-12-8-5-6-10-7-9-13(11)4-2/h10H,3-9H2,1-2H3. The van der Waals surface area contributed by atoms with Crippen molar-refractivity contribution < 1.29 is 4.21 Å². The molecule has 0 aromatic carbocycles. The first-order valence-corrected chi connectivity index (χ1v) is 7.59. The quantitative estimate of drug-likeness (QED) is 0.601. The van der Waals surface area contributed by atoms with Gasteiger partial charge in [-0.1, -0.05) is 13.8 Å². The molecule has 0 bridgehead atoms. The van der Waals surface area contributed by atoms with Gasteiger partial charge in [0, 0.05) is 28.9 Å². The van der Waals surface area contributed by atoms with E-state index in [1.54, 1.807) is 0 Å². The third-order valence-electron chi connectivity index (χ3n) is 1.67. The lowest BCUT2D eigenvalue weighted by atomic mass is 10.5. The average Bonchev–Trinajstić information content (AvgIpc) is 2.16. The van der Waals surface area contributed by atoms with E-state index in [1.807, 2.05) is 18.7 Å². The molecular weight excluding hydrogens is 202 g/mol. The van der Waals surface area contributed by atoms with E-state index in [-0.39, 0.29) is 0 Å². The van der Waals surface area contributed by atoms with E-state index in [4.69, 9.17) is 0 Å². The Bertz CT molecular complexity index is 131. The summed E-state index contributed by atoms with van der Waals surface area (Å²) in [6, 6.07) is 0. The molecule has 0 fully saturated rings. The van der Waals surface area contributed by atoms with E-state index < -0.39 is 10.8 Å². The van der Waals surface area contributed by atoms with Crippen molar-refractivity contribution in [2.75, 3.05) is 36.1 Å². The molecule has 80 valence electrons. The van der Waals surface area contributed by atoms with Crippen molar-refractivity contribution in [1.82, 2.24) is 5.32 Å². The van der Waals surface area contributed by atoms with Gasteiger partial charge in [0.2, 0.25) is 0 Å². The monoisotopic (exact) mass is 223 g/mol. The zero-order valence-corrected chi connectivity index (χ0v) is 10.3. The second-order valence-corrected chi connectivity index (χ2v) is 5.99. The van der Waals surface area contributed by atoms with E-state index in [0.717, 1.165) is 24.6 Å². The van der Waals surface area contributed by atoms with Crippen LogP contribution in [-0.2, 0) is 10.8 Å². The Hall–Kier alpha value is 0.460. The highest BCUT2D eigenvalue weighted by atomic mass is 32.2. The van der Waals surface area contributed by atoms with Crippen molar-refractivity contribution in [1.29, 1.82) is 0 Å². The number of hydrogen-bond donors (Lipinski definition) is 1. The molecule has 1 atom stereocenters. The van der Waals surface area contributed by atoms with Gasteiger partial charge in [-0.05, 0) is 24.5 Å². The van der Waals surface area contributed by atoms with Gasteiger partial charge < -0.3 is 5.32 Å². The third-order valence-corrected chi connectivity index (χ3v) is 3.96. The molecule has 0 saturated heterocycles. The minimum atomic E-state index is -0.604. The molecule has 1 N–H and O–H groups in total. The fraction of sp³-hybridized carbons (Fsp3) is 1.00. The molecule has 0 radical (unpaired) electrons. The highest BCUT2D eigenvalue weighted by Gasteiger charge is 1.94. The molecule has 13 heavy (non-hydrogen) atoms. The minimum Gasteiger partial charge on any atom is -0.316 e. The average molecular weight is 223 g/mol. The summed E-state index contributed by atoms with van der Waals surface area (Å²) in [4.78, 5) is 0. The maximum Gasteiger partial charge on any atom is 0.0359 e. The summed E-state index contributed by atoms with van der Waals surface area (Å²) in [6.45, 7) is 6.11. The lowest BCUT2D eigenvalue weighted by Crippen LogP contribution is -2.22. The first-order valence-electron chi connectivity index (χ1n) is 4.94. The van der Waals surface area contributed by atoms with E-state index in [9.17, 15) is 4.21 Å². The predicted molar refractivity (Wildman–Crippen MR) is 64.0 cm³/mol. The van der Waals surface area contributed by atoms with Crippen LogP contribution < -0.4 is 5.32 Å². The van der Waals surface area contributed by atoms with Gasteiger partial charge in [-0.3, -0.25) is 4.21 Å². The van der Waals surface area contributed by atoms with Crippen molar-refractivity contribution in [3.05, 3.63) is 0 Å². The summed E-state index contributed by atoms with van der Waals surface area (Å²) in [7, 11) is -0.604. The highest BCUT2D eigenvalue weighted by molar-refractivity contribution is 7.99.